The average molecular weight is 225 g/mol. The predicted octanol–water partition coefficient (Wildman–Crippen LogP) is 0.699. The maximum absolute atomic E-state index is 9.89. The number of aliphatic hydroxyl groups excluding tert-OH is 2. The molecule has 0 aliphatic heterocycles. The third kappa shape index (κ3) is 3.81. The fourth-order valence-corrected chi connectivity index (χ4v) is 1.34. The summed E-state index contributed by atoms with van der Waals surface area (Å²) in [5, 5.41) is 21.7. The van der Waals surface area contributed by atoms with Crippen LogP contribution in [0.4, 0.5) is 0 Å². The van der Waals surface area contributed by atoms with Crippen molar-refractivity contribution in [2.45, 2.75) is 19.1 Å². The number of hydrogen-bond donors (Lipinski definition) is 3. The molecule has 1 rings (SSSR count). The van der Waals surface area contributed by atoms with Crippen LogP contribution in [-0.4, -0.2) is 36.5 Å². The molecule has 0 spiro atoms. The molecule has 0 amide bonds. The fraction of sp³-hybridized carbons (Fsp3) is 0.500. The molecule has 1 unspecified atom stereocenters. The molecule has 0 fully saturated rings. The van der Waals surface area contributed by atoms with Crippen LogP contribution in [0.3, 0.4) is 0 Å². The second-order valence-electron chi connectivity index (χ2n) is 3.78. The van der Waals surface area contributed by atoms with Crippen molar-refractivity contribution in [2.75, 3.05) is 20.3 Å². The molecule has 0 aliphatic carbocycles. The minimum atomic E-state index is -0.593. The molecule has 2 atom stereocenters. The van der Waals surface area contributed by atoms with Crippen molar-refractivity contribution in [3.05, 3.63) is 29.8 Å². The van der Waals surface area contributed by atoms with Gasteiger partial charge in [0.25, 0.3) is 0 Å². The summed E-state index contributed by atoms with van der Waals surface area (Å²) in [5.74, 6) is 0.728. The highest BCUT2D eigenvalue weighted by molar-refractivity contribution is 5.29. The van der Waals surface area contributed by atoms with Gasteiger partial charge in [0.1, 0.15) is 5.75 Å². The maximum atomic E-state index is 9.89. The molecule has 0 radical (unpaired) electrons. The van der Waals surface area contributed by atoms with E-state index in [4.69, 9.17) is 9.84 Å². The van der Waals surface area contributed by atoms with Crippen LogP contribution >= 0.6 is 0 Å². The number of methoxy groups -OCH3 is 1. The molecule has 0 heterocycles. The van der Waals surface area contributed by atoms with Crippen molar-refractivity contribution in [3.63, 3.8) is 0 Å². The zero-order valence-electron chi connectivity index (χ0n) is 9.68. The van der Waals surface area contributed by atoms with Gasteiger partial charge < -0.3 is 20.3 Å². The predicted molar refractivity (Wildman–Crippen MR) is 62.5 cm³/mol. The van der Waals surface area contributed by atoms with Crippen molar-refractivity contribution in [2.24, 2.45) is 0 Å². The van der Waals surface area contributed by atoms with E-state index in [2.05, 4.69) is 5.32 Å². The summed E-state index contributed by atoms with van der Waals surface area (Å²) in [7, 11) is 1.59. The highest BCUT2D eigenvalue weighted by Crippen LogP contribution is 2.18. The summed E-state index contributed by atoms with van der Waals surface area (Å²) in [6, 6.07) is 7.31. The maximum Gasteiger partial charge on any atom is 0.119 e. The van der Waals surface area contributed by atoms with Gasteiger partial charge in [-0.15, -0.1) is 0 Å². The summed E-state index contributed by atoms with van der Waals surface area (Å²) in [6.45, 7) is 2.33. The van der Waals surface area contributed by atoms with E-state index in [0.717, 1.165) is 11.3 Å². The molecule has 0 aromatic heterocycles. The van der Waals surface area contributed by atoms with Gasteiger partial charge in [-0.05, 0) is 24.6 Å². The quantitative estimate of drug-likeness (QED) is 0.667. The van der Waals surface area contributed by atoms with Crippen LogP contribution in [0, 0.1) is 0 Å². The SMILES string of the molecule is COc1cccc(C(O)CN[C@H](C)CO)c1. The van der Waals surface area contributed by atoms with Gasteiger partial charge in [-0.1, -0.05) is 12.1 Å². The molecule has 4 nitrogen and oxygen atoms in total. The van der Waals surface area contributed by atoms with E-state index in [1.165, 1.54) is 0 Å². The Morgan fingerprint density at radius 1 is 1.44 bits per heavy atom. The molecular weight excluding hydrogens is 206 g/mol. The standard InChI is InChI=1S/C12H19NO3/c1-9(8-14)13-7-12(15)10-4-3-5-11(6-10)16-2/h3-6,9,12-15H,7-8H2,1-2H3/t9-,12?/m1/s1. The van der Waals surface area contributed by atoms with Gasteiger partial charge in [-0.25, -0.2) is 0 Å². The Balaban J connectivity index is 2.54. The summed E-state index contributed by atoms with van der Waals surface area (Å²) in [5.41, 5.74) is 0.803. The Labute approximate surface area is 95.9 Å². The normalized spacial score (nSPS) is 14.5. The van der Waals surface area contributed by atoms with E-state index in [-0.39, 0.29) is 12.6 Å². The summed E-state index contributed by atoms with van der Waals surface area (Å²) in [4.78, 5) is 0. The van der Waals surface area contributed by atoms with E-state index >= 15 is 0 Å². The van der Waals surface area contributed by atoms with Crippen molar-refractivity contribution in [3.8, 4) is 5.75 Å². The van der Waals surface area contributed by atoms with Gasteiger partial charge in [-0.2, -0.15) is 0 Å². The van der Waals surface area contributed by atoms with E-state index in [9.17, 15) is 5.11 Å². The fourth-order valence-electron chi connectivity index (χ4n) is 1.34. The smallest absolute Gasteiger partial charge is 0.119 e. The largest absolute Gasteiger partial charge is 0.497 e. The van der Waals surface area contributed by atoms with Crippen LogP contribution in [0.25, 0.3) is 0 Å². The van der Waals surface area contributed by atoms with E-state index in [0.29, 0.717) is 6.54 Å². The van der Waals surface area contributed by atoms with E-state index in [1.807, 2.05) is 25.1 Å². The minimum Gasteiger partial charge on any atom is -0.497 e. The van der Waals surface area contributed by atoms with Crippen LogP contribution < -0.4 is 10.1 Å². The lowest BCUT2D eigenvalue weighted by atomic mass is 10.1. The third-order valence-corrected chi connectivity index (χ3v) is 2.41. The first-order chi connectivity index (χ1) is 7.67. The number of ether oxygens (including phenoxy) is 1. The first kappa shape index (κ1) is 13.0. The minimum absolute atomic E-state index is 0.0137. The second-order valence-corrected chi connectivity index (χ2v) is 3.78. The lowest BCUT2D eigenvalue weighted by Crippen LogP contribution is -2.32. The van der Waals surface area contributed by atoms with Crippen LogP contribution in [0.5, 0.6) is 5.75 Å². The molecule has 0 aliphatic rings. The molecule has 16 heavy (non-hydrogen) atoms. The monoisotopic (exact) mass is 225 g/mol. The van der Waals surface area contributed by atoms with Crippen molar-refractivity contribution >= 4 is 0 Å². The number of nitrogens with one attached hydrogen (secondary N) is 1. The van der Waals surface area contributed by atoms with Crippen LogP contribution in [-0.2, 0) is 0 Å². The number of rotatable bonds is 6. The molecule has 4 heteroatoms. The van der Waals surface area contributed by atoms with Crippen LogP contribution in [0.2, 0.25) is 0 Å². The first-order valence-corrected chi connectivity index (χ1v) is 5.33. The Hall–Kier alpha value is -1.10. The van der Waals surface area contributed by atoms with Gasteiger partial charge in [0.05, 0.1) is 19.8 Å². The third-order valence-electron chi connectivity index (χ3n) is 2.41. The zero-order chi connectivity index (χ0) is 12.0. The molecule has 3 N–H and O–H groups in total. The van der Waals surface area contributed by atoms with Gasteiger partial charge >= 0.3 is 0 Å². The molecule has 90 valence electrons. The highest BCUT2D eigenvalue weighted by atomic mass is 16.5. The molecule has 0 saturated carbocycles. The lowest BCUT2D eigenvalue weighted by molar-refractivity contribution is 0.161. The Morgan fingerprint density at radius 3 is 2.81 bits per heavy atom. The Kier molecular flexibility index (Phi) is 5.25. The molecular formula is C12H19NO3. The lowest BCUT2D eigenvalue weighted by Gasteiger charge is -2.16. The number of hydrogen-bond acceptors (Lipinski definition) is 4. The number of benzene rings is 1. The Bertz CT molecular complexity index is 317. The molecule has 1 aromatic carbocycles. The van der Waals surface area contributed by atoms with Crippen molar-refractivity contribution < 1.29 is 14.9 Å². The second kappa shape index (κ2) is 6.48. The number of aliphatic hydroxyl groups is 2. The van der Waals surface area contributed by atoms with Gasteiger partial charge in [-0.3, -0.25) is 0 Å². The highest BCUT2D eigenvalue weighted by Gasteiger charge is 2.09. The van der Waals surface area contributed by atoms with Gasteiger partial charge in [0.15, 0.2) is 0 Å². The van der Waals surface area contributed by atoms with E-state index < -0.39 is 6.10 Å². The summed E-state index contributed by atoms with van der Waals surface area (Å²) < 4.78 is 5.08. The topological polar surface area (TPSA) is 61.7 Å². The first-order valence-electron chi connectivity index (χ1n) is 5.33. The average Bonchev–Trinajstić information content (AvgIpc) is 2.35. The molecule has 1 aromatic rings. The van der Waals surface area contributed by atoms with E-state index in [1.54, 1.807) is 13.2 Å². The summed E-state index contributed by atoms with van der Waals surface area (Å²) in [6.07, 6.45) is -0.593. The van der Waals surface area contributed by atoms with Crippen molar-refractivity contribution in [1.29, 1.82) is 0 Å². The van der Waals surface area contributed by atoms with Crippen LogP contribution in [0.1, 0.15) is 18.6 Å². The van der Waals surface area contributed by atoms with Gasteiger partial charge in [0.2, 0.25) is 0 Å². The zero-order valence-corrected chi connectivity index (χ0v) is 9.68. The molecule has 0 saturated heterocycles. The van der Waals surface area contributed by atoms with Crippen molar-refractivity contribution in [1.82, 2.24) is 5.32 Å². The van der Waals surface area contributed by atoms with Gasteiger partial charge in [0, 0.05) is 12.6 Å². The molecule has 0 bridgehead atoms. The van der Waals surface area contributed by atoms with Crippen LogP contribution in [0.15, 0.2) is 24.3 Å². The summed E-state index contributed by atoms with van der Waals surface area (Å²) >= 11 is 0. The Morgan fingerprint density at radius 2 is 2.19 bits per heavy atom.